The van der Waals surface area contributed by atoms with Gasteiger partial charge in [-0.25, -0.2) is 24.2 Å². The van der Waals surface area contributed by atoms with Gasteiger partial charge in [-0.05, 0) is 18.6 Å². The van der Waals surface area contributed by atoms with Crippen LogP contribution in [-0.2, 0) is 11.3 Å². The number of nitrogens with zero attached hydrogens (tertiary/aromatic N) is 8. The average molecular weight is 501 g/mol. The Labute approximate surface area is 214 Å². The number of halogens is 1. The van der Waals surface area contributed by atoms with E-state index in [-0.39, 0.29) is 30.0 Å². The molecule has 2 aliphatic rings. The Hall–Kier alpha value is -4.29. The molecule has 0 spiro atoms. The number of hydrogen-bond acceptors (Lipinski definition) is 7. The number of rotatable bonds is 5. The second-order valence-electron chi connectivity index (χ2n) is 9.06. The molecular formula is C24H25BFN9O2. The van der Waals surface area contributed by atoms with Crippen LogP contribution in [0, 0.1) is 12.7 Å². The van der Waals surface area contributed by atoms with Crippen molar-refractivity contribution in [3.8, 4) is 11.4 Å². The molecule has 1 saturated heterocycles. The number of hydrogen-bond donors (Lipinski definition) is 1. The molecule has 2 N–H and O–H groups in total. The second kappa shape index (κ2) is 9.99. The minimum absolute atomic E-state index is 0.0263. The first-order valence-corrected chi connectivity index (χ1v) is 11.9. The van der Waals surface area contributed by atoms with E-state index in [9.17, 15) is 14.0 Å². The molecule has 1 fully saturated rings. The molecule has 2 radical (unpaired) electrons. The van der Waals surface area contributed by atoms with Crippen LogP contribution < -0.4 is 16.1 Å². The standard InChI is InChI=1S/C24H25BFN9O2/c1-15-10-16(12-17(25)11-15)20-2-4-29-35(20)24(37)33-8-6-32(7-9-33)23-28-13-18(26)22(30-23)19-3-5-34(31-19)14-21(27)36/h3-5,10-13,20H,2,6-9,14H2,1H3,(H2,27,36). The molecule has 0 bridgehead atoms. The molecule has 2 aliphatic heterocycles. The van der Waals surface area contributed by atoms with Gasteiger partial charge in [0.2, 0.25) is 11.9 Å². The SMILES string of the molecule is [B]c1cc(C)cc(C2CC=NN2C(=O)N2CCN(c3ncc(F)c(-c4ccn(CC(N)=O)n4)n3)CC2)c1. The van der Waals surface area contributed by atoms with Crippen molar-refractivity contribution < 1.29 is 14.0 Å². The van der Waals surface area contributed by atoms with Crippen LogP contribution in [0.5, 0.6) is 0 Å². The number of piperazine rings is 1. The molecule has 1 atom stereocenters. The van der Waals surface area contributed by atoms with Crippen molar-refractivity contribution in [3.63, 3.8) is 0 Å². The molecule has 3 amide bonds. The van der Waals surface area contributed by atoms with Crippen LogP contribution >= 0.6 is 0 Å². The highest BCUT2D eigenvalue weighted by atomic mass is 19.1. The summed E-state index contributed by atoms with van der Waals surface area (Å²) < 4.78 is 15.8. The van der Waals surface area contributed by atoms with Crippen LogP contribution in [0.2, 0.25) is 0 Å². The van der Waals surface area contributed by atoms with Crippen molar-refractivity contribution >= 4 is 37.4 Å². The summed E-state index contributed by atoms with van der Waals surface area (Å²) in [5, 5.41) is 10.0. The van der Waals surface area contributed by atoms with E-state index in [4.69, 9.17) is 13.6 Å². The lowest BCUT2D eigenvalue weighted by molar-refractivity contribution is -0.118. The van der Waals surface area contributed by atoms with Crippen LogP contribution in [-0.4, -0.2) is 81.8 Å². The third-order valence-electron chi connectivity index (χ3n) is 6.30. The van der Waals surface area contributed by atoms with Gasteiger partial charge in [-0.3, -0.25) is 9.48 Å². The number of benzene rings is 1. The third-order valence-corrected chi connectivity index (χ3v) is 6.30. The zero-order valence-electron chi connectivity index (χ0n) is 20.3. The van der Waals surface area contributed by atoms with Gasteiger partial charge in [0.05, 0.1) is 12.2 Å². The number of nitrogens with two attached hydrogens (primary N) is 1. The molecule has 3 aromatic rings. The highest BCUT2D eigenvalue weighted by Gasteiger charge is 2.33. The Morgan fingerprint density at radius 1 is 1.19 bits per heavy atom. The number of primary amides is 1. The van der Waals surface area contributed by atoms with Crippen LogP contribution in [0.3, 0.4) is 0 Å². The molecule has 1 unspecified atom stereocenters. The summed E-state index contributed by atoms with van der Waals surface area (Å²) >= 11 is 0. The summed E-state index contributed by atoms with van der Waals surface area (Å²) in [6.07, 6.45) is 5.00. The number of anilines is 1. The Kier molecular flexibility index (Phi) is 6.59. The van der Waals surface area contributed by atoms with Gasteiger partial charge < -0.3 is 15.5 Å². The number of urea groups is 1. The summed E-state index contributed by atoms with van der Waals surface area (Å²) in [5.74, 6) is -0.850. The van der Waals surface area contributed by atoms with E-state index in [0.717, 1.165) is 17.3 Å². The summed E-state index contributed by atoms with van der Waals surface area (Å²) in [6, 6.07) is 6.97. The largest absolute Gasteiger partial charge is 0.368 e. The minimum Gasteiger partial charge on any atom is -0.368 e. The van der Waals surface area contributed by atoms with E-state index < -0.39 is 11.7 Å². The Bertz CT molecular complexity index is 1350. The first-order valence-electron chi connectivity index (χ1n) is 11.9. The Balaban J connectivity index is 1.26. The predicted molar refractivity (Wildman–Crippen MR) is 136 cm³/mol. The number of aromatic nitrogens is 4. The third kappa shape index (κ3) is 5.15. The minimum atomic E-state index is -0.628. The molecule has 0 aliphatic carbocycles. The lowest BCUT2D eigenvalue weighted by Crippen LogP contribution is -2.52. The molecular weight excluding hydrogens is 476 g/mol. The normalized spacial score (nSPS) is 17.5. The maximum Gasteiger partial charge on any atom is 0.341 e. The highest BCUT2D eigenvalue weighted by molar-refractivity contribution is 6.32. The zero-order valence-corrected chi connectivity index (χ0v) is 20.3. The predicted octanol–water partition coefficient (Wildman–Crippen LogP) is 0.742. The molecule has 2 aromatic heterocycles. The van der Waals surface area contributed by atoms with Crippen LogP contribution in [0.25, 0.3) is 11.4 Å². The summed E-state index contributed by atoms with van der Waals surface area (Å²) in [5.41, 5.74) is 8.13. The lowest BCUT2D eigenvalue weighted by atomic mass is 9.90. The van der Waals surface area contributed by atoms with E-state index in [1.807, 2.05) is 30.0 Å². The summed E-state index contributed by atoms with van der Waals surface area (Å²) in [4.78, 5) is 36.6. The van der Waals surface area contributed by atoms with E-state index in [1.165, 1.54) is 15.9 Å². The van der Waals surface area contributed by atoms with Crippen molar-refractivity contribution in [2.75, 3.05) is 31.1 Å². The number of amides is 3. The molecule has 13 heteroatoms. The van der Waals surface area contributed by atoms with Crippen LogP contribution in [0.15, 0.2) is 41.8 Å². The van der Waals surface area contributed by atoms with E-state index in [0.29, 0.717) is 44.0 Å². The van der Waals surface area contributed by atoms with Crippen molar-refractivity contribution in [2.45, 2.75) is 25.9 Å². The molecule has 4 heterocycles. The maximum atomic E-state index is 14.5. The second-order valence-corrected chi connectivity index (χ2v) is 9.06. The van der Waals surface area contributed by atoms with Gasteiger partial charge in [0.15, 0.2) is 5.82 Å². The molecule has 188 valence electrons. The van der Waals surface area contributed by atoms with Gasteiger partial charge in [0.25, 0.3) is 0 Å². The number of carbonyl (C=O) groups excluding carboxylic acids is 2. The first kappa shape index (κ1) is 24.4. The first-order chi connectivity index (χ1) is 17.8. The van der Waals surface area contributed by atoms with Gasteiger partial charge in [0.1, 0.15) is 25.8 Å². The average Bonchev–Trinajstić information content (AvgIpc) is 3.53. The van der Waals surface area contributed by atoms with Crippen LogP contribution in [0.1, 0.15) is 23.6 Å². The van der Waals surface area contributed by atoms with Gasteiger partial charge in [0, 0.05) is 45.0 Å². The fourth-order valence-corrected chi connectivity index (χ4v) is 4.58. The van der Waals surface area contributed by atoms with E-state index in [1.54, 1.807) is 17.2 Å². The van der Waals surface area contributed by atoms with Gasteiger partial charge >= 0.3 is 6.03 Å². The maximum absolute atomic E-state index is 14.5. The van der Waals surface area contributed by atoms with E-state index >= 15 is 0 Å². The molecule has 37 heavy (non-hydrogen) atoms. The van der Waals surface area contributed by atoms with Gasteiger partial charge in [-0.2, -0.15) is 10.2 Å². The Morgan fingerprint density at radius 3 is 2.70 bits per heavy atom. The number of carbonyl (C=O) groups is 2. The lowest BCUT2D eigenvalue weighted by Gasteiger charge is -2.37. The van der Waals surface area contributed by atoms with Gasteiger partial charge in [-0.1, -0.05) is 29.2 Å². The van der Waals surface area contributed by atoms with Crippen molar-refractivity contribution in [2.24, 2.45) is 10.8 Å². The Morgan fingerprint density at radius 2 is 1.97 bits per heavy atom. The number of hydrazone groups is 1. The van der Waals surface area contributed by atoms with Gasteiger partial charge in [-0.15, -0.1) is 0 Å². The van der Waals surface area contributed by atoms with Crippen molar-refractivity contribution in [1.29, 1.82) is 0 Å². The van der Waals surface area contributed by atoms with Crippen molar-refractivity contribution in [1.82, 2.24) is 29.7 Å². The molecule has 0 saturated carbocycles. The fraction of sp³-hybridized carbons (Fsp3) is 0.333. The highest BCUT2D eigenvalue weighted by Crippen LogP contribution is 2.30. The summed E-state index contributed by atoms with van der Waals surface area (Å²) in [6.45, 7) is 3.64. The quantitative estimate of drug-likeness (QED) is 0.515. The smallest absolute Gasteiger partial charge is 0.341 e. The summed E-state index contributed by atoms with van der Waals surface area (Å²) in [7, 11) is 6.02. The monoisotopic (exact) mass is 501 g/mol. The molecule has 1 aromatic carbocycles. The van der Waals surface area contributed by atoms with Crippen LogP contribution in [0.4, 0.5) is 15.1 Å². The van der Waals surface area contributed by atoms with E-state index in [2.05, 4.69) is 20.2 Å². The fourth-order valence-electron chi connectivity index (χ4n) is 4.58. The number of aryl methyl sites for hydroxylation is 1. The zero-order chi connectivity index (χ0) is 26.1. The van der Waals surface area contributed by atoms with Crippen molar-refractivity contribution in [3.05, 3.63) is 53.6 Å². The molecule has 11 nitrogen and oxygen atoms in total. The molecule has 5 rings (SSSR count). The topological polar surface area (TPSA) is 126 Å².